The van der Waals surface area contributed by atoms with Gasteiger partial charge >= 0.3 is 0 Å². The minimum atomic E-state index is 0.209. The van der Waals surface area contributed by atoms with E-state index in [1.54, 1.807) is 12.3 Å². The number of nitrogens with zero attached hydrogens (tertiary/aromatic N) is 3. The van der Waals surface area contributed by atoms with Crippen LogP contribution in [0.5, 0.6) is 5.75 Å². The fraction of sp³-hybridized carbons (Fsp3) is 0.167. The average Bonchev–Trinajstić information content (AvgIpc) is 3.05. The van der Waals surface area contributed by atoms with Gasteiger partial charge in [-0.25, -0.2) is 0 Å². The van der Waals surface area contributed by atoms with Gasteiger partial charge in [0.25, 0.3) is 0 Å². The van der Waals surface area contributed by atoms with E-state index in [4.69, 9.17) is 0 Å². The van der Waals surface area contributed by atoms with Crippen molar-refractivity contribution in [3.63, 3.8) is 0 Å². The molecule has 3 aromatic carbocycles. The normalized spacial score (nSPS) is 12.1. The van der Waals surface area contributed by atoms with Crippen molar-refractivity contribution >= 4 is 17.6 Å². The van der Waals surface area contributed by atoms with E-state index in [1.165, 1.54) is 11.1 Å². The fourth-order valence-corrected chi connectivity index (χ4v) is 3.68. The maximum atomic E-state index is 10.4. The maximum Gasteiger partial charge on any atom is 0.126 e. The molecule has 0 saturated heterocycles. The van der Waals surface area contributed by atoms with E-state index in [0.29, 0.717) is 5.56 Å². The quantitative estimate of drug-likeness (QED) is 0.393. The van der Waals surface area contributed by atoms with Crippen molar-refractivity contribution in [3.05, 3.63) is 83.4 Å². The molecule has 0 aliphatic heterocycles. The molecule has 0 spiro atoms. The highest BCUT2D eigenvalue weighted by atomic mass is 16.3. The molecule has 28 heavy (non-hydrogen) atoms. The second-order valence-electron chi connectivity index (χ2n) is 6.70. The molecule has 0 bridgehead atoms. The smallest absolute Gasteiger partial charge is 0.126 e. The first-order valence-corrected chi connectivity index (χ1v) is 9.61. The van der Waals surface area contributed by atoms with Crippen LogP contribution >= 0.6 is 0 Å². The summed E-state index contributed by atoms with van der Waals surface area (Å²) in [5.74, 6) is 0.209. The fourth-order valence-electron chi connectivity index (χ4n) is 3.68. The van der Waals surface area contributed by atoms with Gasteiger partial charge in [-0.2, -0.15) is 5.10 Å². The van der Waals surface area contributed by atoms with Crippen molar-refractivity contribution < 1.29 is 5.11 Å². The van der Waals surface area contributed by atoms with Gasteiger partial charge in [0.15, 0.2) is 0 Å². The molecule has 0 unspecified atom stereocenters. The molecule has 4 heteroatoms. The molecule has 0 aromatic heterocycles. The van der Waals surface area contributed by atoms with Crippen LogP contribution in [0.4, 0.5) is 5.69 Å². The second-order valence-corrected chi connectivity index (χ2v) is 6.70. The van der Waals surface area contributed by atoms with Gasteiger partial charge in [0, 0.05) is 41.5 Å². The Labute approximate surface area is 165 Å². The Morgan fingerprint density at radius 1 is 0.821 bits per heavy atom. The summed E-state index contributed by atoms with van der Waals surface area (Å²) in [6.45, 7) is 6.00. The molecule has 1 N–H and O–H groups in total. The zero-order valence-corrected chi connectivity index (χ0v) is 16.1. The van der Waals surface area contributed by atoms with Gasteiger partial charge < -0.3 is 10.0 Å². The average molecular weight is 369 g/mol. The van der Waals surface area contributed by atoms with Gasteiger partial charge in [-0.15, -0.1) is 5.10 Å². The molecule has 4 nitrogen and oxygen atoms in total. The summed E-state index contributed by atoms with van der Waals surface area (Å²) in [5, 5.41) is 19.2. The molecule has 0 radical (unpaired) electrons. The first kappa shape index (κ1) is 18.0. The summed E-state index contributed by atoms with van der Waals surface area (Å²) in [5.41, 5.74) is 7.05. The Hall–Kier alpha value is -3.40. The van der Waals surface area contributed by atoms with Crippen LogP contribution in [0.1, 0.15) is 30.5 Å². The first-order chi connectivity index (χ1) is 13.7. The summed E-state index contributed by atoms with van der Waals surface area (Å²) in [6.07, 6.45) is 1.61. The monoisotopic (exact) mass is 369 g/mol. The van der Waals surface area contributed by atoms with E-state index in [2.05, 4.69) is 53.2 Å². The number of hydrogen-bond donors (Lipinski definition) is 1. The Balaban J connectivity index is 1.65. The van der Waals surface area contributed by atoms with Gasteiger partial charge in [-0.3, -0.25) is 0 Å². The Morgan fingerprint density at radius 3 is 1.93 bits per heavy atom. The highest BCUT2D eigenvalue weighted by molar-refractivity contribution is 6.24. The summed E-state index contributed by atoms with van der Waals surface area (Å²) in [4.78, 5) is 2.19. The first-order valence-electron chi connectivity index (χ1n) is 9.61. The lowest BCUT2D eigenvalue weighted by Crippen LogP contribution is -2.21. The lowest BCUT2D eigenvalue weighted by Gasteiger charge is -2.21. The van der Waals surface area contributed by atoms with Gasteiger partial charge in [-0.1, -0.05) is 48.5 Å². The molecule has 1 aliphatic rings. The van der Waals surface area contributed by atoms with Crippen LogP contribution in [0, 0.1) is 0 Å². The largest absolute Gasteiger partial charge is 0.507 e. The van der Waals surface area contributed by atoms with E-state index in [1.807, 2.05) is 36.4 Å². The topological polar surface area (TPSA) is 48.2 Å². The number of fused-ring (bicyclic) bond motifs is 3. The van der Waals surface area contributed by atoms with Gasteiger partial charge in [0.2, 0.25) is 0 Å². The van der Waals surface area contributed by atoms with Crippen molar-refractivity contribution in [2.75, 3.05) is 18.0 Å². The predicted molar refractivity (Wildman–Crippen MR) is 117 cm³/mol. The van der Waals surface area contributed by atoms with Crippen molar-refractivity contribution in [1.82, 2.24) is 0 Å². The minimum Gasteiger partial charge on any atom is -0.507 e. The molecule has 140 valence electrons. The zero-order valence-electron chi connectivity index (χ0n) is 16.1. The van der Waals surface area contributed by atoms with E-state index >= 15 is 0 Å². The molecule has 0 fully saturated rings. The number of benzene rings is 3. The number of hydrogen-bond acceptors (Lipinski definition) is 4. The molecule has 0 atom stereocenters. The van der Waals surface area contributed by atoms with Crippen LogP contribution < -0.4 is 4.90 Å². The highest BCUT2D eigenvalue weighted by Gasteiger charge is 2.23. The lowest BCUT2D eigenvalue weighted by atomic mass is 10.1. The Bertz CT molecular complexity index is 1020. The van der Waals surface area contributed by atoms with Gasteiger partial charge in [0.05, 0.1) is 6.21 Å². The zero-order chi connectivity index (χ0) is 19.5. The van der Waals surface area contributed by atoms with Gasteiger partial charge in [-0.05, 0) is 37.1 Å². The van der Waals surface area contributed by atoms with E-state index in [0.717, 1.165) is 35.6 Å². The third-order valence-electron chi connectivity index (χ3n) is 5.15. The van der Waals surface area contributed by atoms with Crippen molar-refractivity contribution in [1.29, 1.82) is 0 Å². The van der Waals surface area contributed by atoms with Crippen LogP contribution in [-0.2, 0) is 0 Å². The third kappa shape index (κ3) is 3.18. The SMILES string of the molecule is CCN(CC)c1ccc(/C=N/N=C2c3ccccc3-c3ccccc32)c(O)c1. The number of phenols is 1. The molecule has 0 heterocycles. The number of rotatable bonds is 5. The number of anilines is 1. The van der Waals surface area contributed by atoms with Crippen molar-refractivity contribution in [2.45, 2.75) is 13.8 Å². The van der Waals surface area contributed by atoms with Crippen molar-refractivity contribution in [2.24, 2.45) is 10.2 Å². The maximum absolute atomic E-state index is 10.4. The standard InChI is InChI=1S/C24H23N3O/c1-3-27(4-2)18-14-13-17(23(28)15-18)16-25-26-24-21-11-7-5-9-19(21)20-10-6-8-12-22(20)24/h5-16,28H,3-4H2,1-2H3/b25-16+. The molecule has 1 aliphatic carbocycles. The lowest BCUT2D eigenvalue weighted by molar-refractivity contribution is 0.474. The van der Waals surface area contributed by atoms with Gasteiger partial charge in [0.1, 0.15) is 11.5 Å². The van der Waals surface area contributed by atoms with Crippen LogP contribution in [0.15, 0.2) is 76.9 Å². The summed E-state index contributed by atoms with van der Waals surface area (Å²) < 4.78 is 0. The van der Waals surface area contributed by atoms with Crippen LogP contribution in [-0.4, -0.2) is 30.1 Å². The summed E-state index contributed by atoms with van der Waals surface area (Å²) in [7, 11) is 0. The summed E-state index contributed by atoms with van der Waals surface area (Å²) >= 11 is 0. The number of phenolic OH excluding ortho intramolecular Hbond substituents is 1. The molecular weight excluding hydrogens is 346 g/mol. The molecule has 3 aromatic rings. The van der Waals surface area contributed by atoms with E-state index < -0.39 is 0 Å². The predicted octanol–water partition coefficient (Wildman–Crippen LogP) is 5.09. The van der Waals surface area contributed by atoms with Crippen LogP contribution in [0.25, 0.3) is 11.1 Å². The molecule has 4 rings (SSSR count). The second kappa shape index (κ2) is 7.69. The minimum absolute atomic E-state index is 0.209. The molecule has 0 saturated carbocycles. The van der Waals surface area contributed by atoms with E-state index in [9.17, 15) is 5.11 Å². The molecular formula is C24H23N3O. The van der Waals surface area contributed by atoms with Crippen LogP contribution in [0.3, 0.4) is 0 Å². The Morgan fingerprint density at radius 2 is 1.39 bits per heavy atom. The summed E-state index contributed by atoms with van der Waals surface area (Å²) in [6, 6.07) is 22.1. The third-order valence-corrected chi connectivity index (χ3v) is 5.15. The molecule has 0 amide bonds. The van der Waals surface area contributed by atoms with Crippen molar-refractivity contribution in [3.8, 4) is 16.9 Å². The van der Waals surface area contributed by atoms with E-state index in [-0.39, 0.29) is 5.75 Å². The number of aromatic hydroxyl groups is 1. The highest BCUT2D eigenvalue weighted by Crippen LogP contribution is 2.36. The van der Waals surface area contributed by atoms with Crippen LogP contribution in [0.2, 0.25) is 0 Å². The Kier molecular flexibility index (Phi) is 4.94.